The van der Waals surface area contributed by atoms with Crippen molar-refractivity contribution in [1.29, 1.82) is 0 Å². The lowest BCUT2D eigenvalue weighted by Crippen LogP contribution is -2.24. The zero-order valence-electron chi connectivity index (χ0n) is 8.78. The molecule has 1 atom stereocenters. The minimum absolute atomic E-state index is 0.522. The van der Waals surface area contributed by atoms with Crippen molar-refractivity contribution in [3.05, 3.63) is 42.0 Å². The fraction of sp³-hybridized carbons (Fsp3) is 0.182. The maximum atomic E-state index is 12.5. The third-order valence-electron chi connectivity index (χ3n) is 1.92. The standard InChI is InChI=1S/C11H9F3N.Al.2H/c1-15-10(11(12,13)14)8-7-9-5-3-2-4-6-9;;;/h1-8,10H;;;/b8-7+,15-1?;;;. The van der Waals surface area contributed by atoms with Crippen molar-refractivity contribution in [1.82, 2.24) is 0 Å². The van der Waals surface area contributed by atoms with Crippen LogP contribution in [-0.4, -0.2) is 33.6 Å². The molecule has 5 heteroatoms. The molecule has 1 aromatic carbocycles. The molecule has 1 nitrogen and oxygen atoms in total. The zero-order valence-corrected chi connectivity index (χ0v) is 10.8. The zero-order chi connectivity index (χ0) is 12.0. The summed E-state index contributed by atoms with van der Waals surface area (Å²) in [6.45, 7) is 0. The van der Waals surface area contributed by atoms with E-state index < -0.39 is 12.2 Å². The van der Waals surface area contributed by atoms with E-state index in [4.69, 9.17) is 0 Å². The minimum atomic E-state index is -4.31. The Labute approximate surface area is 100 Å². The molecule has 16 heavy (non-hydrogen) atoms. The average Bonchev–Trinajstić information content (AvgIpc) is 2.24. The smallest absolute Gasteiger partial charge is 0.299 e. The topological polar surface area (TPSA) is 12.4 Å². The van der Waals surface area contributed by atoms with Crippen molar-refractivity contribution >= 4 is 27.4 Å². The van der Waals surface area contributed by atoms with Crippen LogP contribution in [0.5, 0.6) is 0 Å². The Morgan fingerprint density at radius 1 is 1.19 bits per heavy atom. The van der Waals surface area contributed by atoms with Gasteiger partial charge in [-0.25, -0.2) is 0 Å². The third kappa shape index (κ3) is 4.21. The van der Waals surface area contributed by atoms with Gasteiger partial charge in [0, 0.05) is 0 Å². The Balaban J connectivity index is 2.81. The van der Waals surface area contributed by atoms with Crippen molar-refractivity contribution < 1.29 is 13.2 Å². The second-order valence-electron chi connectivity index (χ2n) is 3.16. The first kappa shape index (κ1) is 13.0. The number of aliphatic imine (C=N–C) groups is 1. The lowest BCUT2D eigenvalue weighted by Gasteiger charge is -2.11. The van der Waals surface area contributed by atoms with Crippen molar-refractivity contribution in [3.63, 3.8) is 0 Å². The highest BCUT2D eigenvalue weighted by atomic mass is 27.0. The van der Waals surface area contributed by atoms with Crippen LogP contribution in [0.3, 0.4) is 0 Å². The average molecular weight is 241 g/mol. The van der Waals surface area contributed by atoms with E-state index in [0.717, 1.165) is 11.6 Å². The Morgan fingerprint density at radius 3 is 2.31 bits per heavy atom. The van der Waals surface area contributed by atoms with Gasteiger partial charge in [-0.15, -0.1) is 0 Å². The van der Waals surface area contributed by atoms with Gasteiger partial charge in [0.15, 0.2) is 6.04 Å². The second-order valence-corrected chi connectivity index (χ2v) is 3.68. The molecule has 0 aliphatic carbocycles. The molecule has 1 rings (SSSR count). The Kier molecular flexibility index (Phi) is 4.78. The number of benzene rings is 1. The maximum Gasteiger partial charge on any atom is 0.414 e. The van der Waals surface area contributed by atoms with E-state index in [-0.39, 0.29) is 0 Å². The number of halogens is 3. The van der Waals surface area contributed by atoms with Gasteiger partial charge in [0.05, 0.1) is 0 Å². The first-order chi connectivity index (χ1) is 7.54. The molecule has 0 amide bonds. The highest BCUT2D eigenvalue weighted by Crippen LogP contribution is 2.24. The molecule has 0 aliphatic rings. The highest BCUT2D eigenvalue weighted by molar-refractivity contribution is 6.49. The summed E-state index contributed by atoms with van der Waals surface area (Å²) in [5, 5.41) is 1.30. The van der Waals surface area contributed by atoms with Crippen LogP contribution in [-0.2, 0) is 0 Å². The van der Waals surface area contributed by atoms with Gasteiger partial charge >= 0.3 is 6.18 Å². The number of hydrogen-bond acceptors (Lipinski definition) is 1. The number of alkyl halides is 3. The van der Waals surface area contributed by atoms with Crippen LogP contribution in [0.4, 0.5) is 13.2 Å². The number of nitrogens with zero attached hydrogens (tertiary/aromatic N) is 1. The summed E-state index contributed by atoms with van der Waals surface area (Å²) in [4.78, 5) is 3.44. The lowest BCUT2D eigenvalue weighted by atomic mass is 10.2. The van der Waals surface area contributed by atoms with Gasteiger partial charge in [0.2, 0.25) is 0 Å². The normalized spacial score (nSPS) is 14.7. The highest BCUT2D eigenvalue weighted by Gasteiger charge is 2.36. The van der Waals surface area contributed by atoms with Gasteiger partial charge < -0.3 is 0 Å². The van der Waals surface area contributed by atoms with Gasteiger partial charge in [-0.3, -0.25) is 4.99 Å². The quantitative estimate of drug-likeness (QED) is 0.568. The molecule has 0 aliphatic heterocycles. The van der Waals surface area contributed by atoms with Crippen molar-refractivity contribution in [2.75, 3.05) is 0 Å². The monoisotopic (exact) mass is 241 g/mol. The van der Waals surface area contributed by atoms with Crippen molar-refractivity contribution in [3.8, 4) is 0 Å². The van der Waals surface area contributed by atoms with Crippen LogP contribution >= 0.6 is 0 Å². The van der Waals surface area contributed by atoms with E-state index in [2.05, 4.69) is 4.99 Å². The molecule has 0 spiro atoms. The SMILES string of the molecule is FC(F)(F)C(/C=C/c1ccccc1)N=[CH][AlH2]. The molecule has 0 bridgehead atoms. The van der Waals surface area contributed by atoms with Gasteiger partial charge in [-0.2, -0.15) is 13.2 Å². The van der Waals surface area contributed by atoms with E-state index in [1.165, 1.54) is 11.2 Å². The van der Waals surface area contributed by atoms with Crippen LogP contribution in [0, 0.1) is 0 Å². The first-order valence-electron chi connectivity index (χ1n) is 4.82. The molecule has 1 aromatic rings. The van der Waals surface area contributed by atoms with Gasteiger partial charge in [0.1, 0.15) is 0 Å². The molecule has 0 radical (unpaired) electrons. The van der Waals surface area contributed by atoms with Crippen molar-refractivity contribution in [2.45, 2.75) is 12.2 Å². The predicted octanol–water partition coefficient (Wildman–Crippen LogP) is 2.29. The van der Waals surface area contributed by atoms with E-state index in [1.807, 2.05) is 6.07 Å². The fourth-order valence-electron chi connectivity index (χ4n) is 1.17. The molecule has 0 aromatic heterocycles. The van der Waals surface area contributed by atoms with Crippen LogP contribution in [0.1, 0.15) is 5.56 Å². The van der Waals surface area contributed by atoms with Crippen LogP contribution in [0.25, 0.3) is 6.08 Å². The summed E-state index contributed by atoms with van der Waals surface area (Å²) in [6.07, 6.45) is -1.80. The van der Waals surface area contributed by atoms with E-state index in [1.54, 1.807) is 24.3 Å². The van der Waals surface area contributed by atoms with E-state index in [0.29, 0.717) is 16.3 Å². The molecule has 0 heterocycles. The maximum absolute atomic E-state index is 12.5. The summed E-state index contributed by atoms with van der Waals surface area (Å²) in [6, 6.07) is 7.12. The summed E-state index contributed by atoms with van der Waals surface area (Å²) < 4.78 is 37.4. The third-order valence-corrected chi connectivity index (χ3v) is 2.21. The summed E-state index contributed by atoms with van der Waals surface area (Å²) in [5.41, 5.74) is 0.736. The molecule has 0 N–H and O–H groups in total. The van der Waals surface area contributed by atoms with Crippen LogP contribution in [0.15, 0.2) is 41.4 Å². The molecule has 0 saturated heterocycles. The van der Waals surface area contributed by atoms with Crippen molar-refractivity contribution in [2.24, 2.45) is 4.99 Å². The van der Waals surface area contributed by atoms with Crippen LogP contribution < -0.4 is 0 Å². The molecule has 0 fully saturated rings. The summed E-state index contributed by atoms with van der Waals surface area (Å²) in [7, 11) is 0. The van der Waals surface area contributed by atoms with Gasteiger partial charge in [-0.1, -0.05) is 47.6 Å². The number of rotatable bonds is 3. The number of hydrogen-bond donors (Lipinski definition) is 0. The summed E-state index contributed by atoms with van der Waals surface area (Å²) >= 11 is 0.522. The fourth-order valence-corrected chi connectivity index (χ4v) is 1.49. The Hall–Kier alpha value is -1.05. The molecule has 1 unspecified atom stereocenters. The lowest BCUT2D eigenvalue weighted by molar-refractivity contribution is -0.136. The summed E-state index contributed by atoms with van der Waals surface area (Å²) in [5.74, 6) is 0. The molecule has 84 valence electrons. The second kappa shape index (κ2) is 5.88. The first-order valence-corrected chi connectivity index (χ1v) is 5.97. The molecular formula is C11H11AlF3N. The van der Waals surface area contributed by atoms with E-state index in [9.17, 15) is 13.2 Å². The van der Waals surface area contributed by atoms with Gasteiger partial charge in [-0.05, 0) is 5.56 Å². The van der Waals surface area contributed by atoms with E-state index >= 15 is 0 Å². The van der Waals surface area contributed by atoms with Crippen LogP contribution in [0.2, 0.25) is 0 Å². The Bertz CT molecular complexity index is 371. The predicted molar refractivity (Wildman–Crippen MR) is 62.4 cm³/mol. The molecule has 0 saturated carbocycles. The largest absolute Gasteiger partial charge is 0.414 e. The molecular weight excluding hydrogens is 230 g/mol. The Morgan fingerprint density at radius 2 is 1.81 bits per heavy atom. The van der Waals surface area contributed by atoms with Gasteiger partial charge in [0.25, 0.3) is 16.3 Å². The minimum Gasteiger partial charge on any atom is -0.299 e.